The largest absolute Gasteiger partial charge is 0.324 e. The van der Waals surface area contributed by atoms with Crippen LogP contribution in [0.25, 0.3) is 0 Å². The van der Waals surface area contributed by atoms with E-state index in [1.54, 1.807) is 0 Å². The summed E-state index contributed by atoms with van der Waals surface area (Å²) < 4.78 is 2.89. The zero-order chi connectivity index (χ0) is 33.9. The van der Waals surface area contributed by atoms with Gasteiger partial charge < -0.3 is 8.97 Å². The van der Waals surface area contributed by atoms with Gasteiger partial charge in [0.05, 0.1) is 52.4 Å². The molecule has 0 fully saturated rings. The first-order chi connectivity index (χ1) is 22.6. The van der Waals surface area contributed by atoms with Gasteiger partial charge in [0, 0.05) is 12.8 Å². The Labute approximate surface area is 294 Å². The van der Waals surface area contributed by atoms with Gasteiger partial charge in [0.2, 0.25) is 0 Å². The summed E-state index contributed by atoms with van der Waals surface area (Å²) in [5.74, 6) is 0. The maximum Gasteiger partial charge on any atom is 0.0788 e. The fraction of sp³-hybridized carbons (Fsp3) is 1.00. The summed E-state index contributed by atoms with van der Waals surface area (Å²) in [6.07, 6.45) is 43.2. The van der Waals surface area contributed by atoms with E-state index in [0.717, 1.165) is 0 Å². The van der Waals surface area contributed by atoms with Gasteiger partial charge in [0.1, 0.15) is 0 Å². The summed E-state index contributed by atoms with van der Waals surface area (Å²) in [6.45, 7) is 25.9. The van der Waals surface area contributed by atoms with E-state index >= 15 is 0 Å². The maximum atomic E-state index is 2.41. The van der Waals surface area contributed by atoms with E-state index in [1.807, 2.05) is 0 Å². The van der Waals surface area contributed by atoms with E-state index in [4.69, 9.17) is 0 Å². The lowest BCUT2D eigenvalue weighted by atomic mass is 10.0. The van der Waals surface area contributed by atoms with Gasteiger partial charge in [-0.3, -0.25) is 0 Å². The Balaban J connectivity index is 4.96. The second-order valence-corrected chi connectivity index (χ2v) is 16.0. The maximum absolute atomic E-state index is 2.41. The lowest BCUT2D eigenvalue weighted by Crippen LogP contribution is -2.52. The molecule has 2 heteroatoms. The van der Waals surface area contributed by atoms with E-state index in [2.05, 4.69) is 41.5 Å². The van der Waals surface area contributed by atoms with Crippen molar-refractivity contribution in [1.82, 2.24) is 0 Å². The smallest absolute Gasteiger partial charge is 0.0788 e. The van der Waals surface area contributed by atoms with Crippen LogP contribution in [0.1, 0.15) is 234 Å². The minimum absolute atomic E-state index is 1.36. The van der Waals surface area contributed by atoms with Crippen LogP contribution in [0.5, 0.6) is 0 Å². The first kappa shape index (κ1) is 45.9. The standard InChI is InChI=1S/C44H94N2/c1-7-13-19-21-23-25-27-29-31-33-41-45(37-15-9-3,38-16-10-4)43-35-36-44-46(39-17-11-5,40-18-12-6)42-34-32-30-28-26-24-22-20-14-8-2/h7-44H2,1-6H3/q+2. The molecule has 0 amide bonds. The monoisotopic (exact) mass is 651 g/mol. The number of quaternary nitrogens is 2. The molecule has 0 radical (unpaired) electrons. The molecule has 0 saturated heterocycles. The molecule has 278 valence electrons. The van der Waals surface area contributed by atoms with Crippen molar-refractivity contribution in [2.24, 2.45) is 0 Å². The summed E-state index contributed by atoms with van der Waals surface area (Å²) in [4.78, 5) is 0. The highest BCUT2D eigenvalue weighted by Crippen LogP contribution is 2.22. The molecule has 0 aliphatic heterocycles. The molecule has 0 N–H and O–H groups in total. The zero-order valence-electron chi connectivity index (χ0n) is 33.8. The van der Waals surface area contributed by atoms with Gasteiger partial charge in [0.15, 0.2) is 0 Å². The van der Waals surface area contributed by atoms with Crippen LogP contribution < -0.4 is 0 Å². The third-order valence-electron chi connectivity index (χ3n) is 11.4. The predicted octanol–water partition coefficient (Wildman–Crippen LogP) is 14.4. The van der Waals surface area contributed by atoms with Crippen molar-refractivity contribution in [3.63, 3.8) is 0 Å². The topological polar surface area (TPSA) is 0 Å². The number of nitrogens with zero attached hydrogens (tertiary/aromatic N) is 2. The van der Waals surface area contributed by atoms with E-state index in [9.17, 15) is 0 Å². The number of hydrogen-bond donors (Lipinski definition) is 0. The van der Waals surface area contributed by atoms with Crippen LogP contribution in [0.2, 0.25) is 0 Å². The van der Waals surface area contributed by atoms with Gasteiger partial charge in [-0.25, -0.2) is 0 Å². The average Bonchev–Trinajstić information content (AvgIpc) is 3.07. The molecule has 0 atom stereocenters. The van der Waals surface area contributed by atoms with E-state index in [0.29, 0.717) is 0 Å². The fourth-order valence-electron chi connectivity index (χ4n) is 8.08. The highest BCUT2D eigenvalue weighted by molar-refractivity contribution is 4.56. The Kier molecular flexibility index (Phi) is 34.7. The lowest BCUT2D eigenvalue weighted by molar-refractivity contribution is -0.935. The van der Waals surface area contributed by atoms with Crippen LogP contribution in [0.3, 0.4) is 0 Å². The van der Waals surface area contributed by atoms with Crippen LogP contribution in [0, 0.1) is 0 Å². The molecule has 0 aliphatic rings. The van der Waals surface area contributed by atoms with Gasteiger partial charge >= 0.3 is 0 Å². The van der Waals surface area contributed by atoms with Crippen molar-refractivity contribution in [1.29, 1.82) is 0 Å². The molecule has 0 aliphatic carbocycles. The molecule has 0 rings (SSSR count). The highest BCUT2D eigenvalue weighted by atomic mass is 15.4. The van der Waals surface area contributed by atoms with Crippen molar-refractivity contribution < 1.29 is 8.97 Å². The molecule has 0 aromatic heterocycles. The fourth-order valence-corrected chi connectivity index (χ4v) is 8.08. The number of unbranched alkanes of at least 4 members (excludes halogenated alkanes) is 23. The van der Waals surface area contributed by atoms with Gasteiger partial charge in [0.25, 0.3) is 0 Å². The molecule has 2 nitrogen and oxygen atoms in total. The summed E-state index contributed by atoms with van der Waals surface area (Å²) in [6, 6.07) is 0. The van der Waals surface area contributed by atoms with Crippen molar-refractivity contribution in [3.8, 4) is 0 Å². The third-order valence-corrected chi connectivity index (χ3v) is 11.4. The Bertz CT molecular complexity index is 506. The Morgan fingerprint density at radius 2 is 0.326 bits per heavy atom. The van der Waals surface area contributed by atoms with Gasteiger partial charge in [-0.2, -0.15) is 0 Å². The highest BCUT2D eigenvalue weighted by Gasteiger charge is 2.28. The SMILES string of the molecule is CCCCCCCCCCCC[N+](CCCC)(CCCC)CCCC[N+](CCCC)(CCCC)CCCCCCCCCCCC. The van der Waals surface area contributed by atoms with E-state index in [-0.39, 0.29) is 0 Å². The van der Waals surface area contributed by atoms with Gasteiger partial charge in [-0.15, -0.1) is 0 Å². The zero-order valence-corrected chi connectivity index (χ0v) is 33.8. The second-order valence-electron chi connectivity index (χ2n) is 16.0. The first-order valence-corrected chi connectivity index (χ1v) is 22.3. The van der Waals surface area contributed by atoms with Gasteiger partial charge in [-0.05, 0) is 51.4 Å². The Hall–Kier alpha value is -0.0800. The quantitative estimate of drug-likeness (QED) is 0.0459. The molecule has 0 heterocycles. The molecular formula is C44H94N2+2. The molecule has 0 spiro atoms. The Morgan fingerprint density at radius 1 is 0.174 bits per heavy atom. The Morgan fingerprint density at radius 3 is 0.543 bits per heavy atom. The van der Waals surface area contributed by atoms with Crippen LogP contribution in [0.4, 0.5) is 0 Å². The van der Waals surface area contributed by atoms with E-state index in [1.165, 1.54) is 254 Å². The van der Waals surface area contributed by atoms with Crippen molar-refractivity contribution in [3.05, 3.63) is 0 Å². The number of hydrogen-bond acceptors (Lipinski definition) is 0. The summed E-state index contributed by atoms with van der Waals surface area (Å²) >= 11 is 0. The normalized spacial score (nSPS) is 12.4. The van der Waals surface area contributed by atoms with Gasteiger partial charge in [-0.1, -0.05) is 170 Å². The molecule has 0 bridgehead atoms. The summed E-state index contributed by atoms with van der Waals surface area (Å²) in [5, 5.41) is 0. The van der Waals surface area contributed by atoms with Crippen LogP contribution in [-0.4, -0.2) is 61.3 Å². The third kappa shape index (κ3) is 26.8. The summed E-state index contributed by atoms with van der Waals surface area (Å²) in [5.41, 5.74) is 0. The first-order valence-electron chi connectivity index (χ1n) is 22.3. The van der Waals surface area contributed by atoms with Crippen LogP contribution in [0.15, 0.2) is 0 Å². The van der Waals surface area contributed by atoms with Crippen LogP contribution >= 0.6 is 0 Å². The summed E-state index contributed by atoms with van der Waals surface area (Å²) in [7, 11) is 0. The molecule has 0 aromatic rings. The predicted molar refractivity (Wildman–Crippen MR) is 212 cm³/mol. The molecule has 0 saturated carbocycles. The van der Waals surface area contributed by atoms with Crippen molar-refractivity contribution >= 4 is 0 Å². The second kappa shape index (κ2) is 34.8. The average molecular weight is 651 g/mol. The molecular weight excluding hydrogens is 556 g/mol. The minimum Gasteiger partial charge on any atom is -0.324 e. The van der Waals surface area contributed by atoms with Crippen molar-refractivity contribution in [2.45, 2.75) is 234 Å². The molecule has 0 aromatic carbocycles. The van der Waals surface area contributed by atoms with E-state index < -0.39 is 0 Å². The van der Waals surface area contributed by atoms with Crippen LogP contribution in [-0.2, 0) is 0 Å². The molecule has 0 unspecified atom stereocenters. The number of rotatable bonds is 39. The molecule has 46 heavy (non-hydrogen) atoms. The van der Waals surface area contributed by atoms with Crippen molar-refractivity contribution in [2.75, 3.05) is 52.4 Å². The minimum atomic E-state index is 1.36. The lowest BCUT2D eigenvalue weighted by Gasteiger charge is -2.41.